The van der Waals surface area contributed by atoms with Gasteiger partial charge in [-0.25, -0.2) is 0 Å². The van der Waals surface area contributed by atoms with Crippen molar-refractivity contribution < 1.29 is 4.79 Å². The number of nitrogens with one attached hydrogen (secondary N) is 1. The predicted molar refractivity (Wildman–Crippen MR) is 82.1 cm³/mol. The van der Waals surface area contributed by atoms with Crippen LogP contribution in [0.5, 0.6) is 0 Å². The van der Waals surface area contributed by atoms with Crippen molar-refractivity contribution in [3.63, 3.8) is 0 Å². The number of pyridine rings is 1. The molecule has 0 saturated heterocycles. The molecule has 0 atom stereocenters. The lowest BCUT2D eigenvalue weighted by Gasteiger charge is -2.38. The van der Waals surface area contributed by atoms with Crippen molar-refractivity contribution >= 4 is 28.2 Å². The standard InChI is InChI=1S/C16H19N3O/c1-16(2,3)19-9-8-14(20)18-13-10-17-12-7-5-4-6-11(12)15(13)19/h4-7,10H,8-9H2,1-3H3,(H,18,20). The molecular formula is C16H19N3O. The molecule has 0 saturated carbocycles. The van der Waals surface area contributed by atoms with Crippen LogP contribution in [0.25, 0.3) is 10.9 Å². The van der Waals surface area contributed by atoms with E-state index in [9.17, 15) is 4.79 Å². The molecule has 0 unspecified atom stereocenters. The van der Waals surface area contributed by atoms with Crippen LogP contribution in [0.4, 0.5) is 11.4 Å². The van der Waals surface area contributed by atoms with Crippen LogP contribution in [-0.2, 0) is 4.79 Å². The summed E-state index contributed by atoms with van der Waals surface area (Å²) in [6, 6.07) is 8.07. The second kappa shape index (κ2) is 4.47. The van der Waals surface area contributed by atoms with Crippen molar-refractivity contribution in [2.24, 2.45) is 0 Å². The van der Waals surface area contributed by atoms with Gasteiger partial charge < -0.3 is 10.2 Å². The largest absolute Gasteiger partial charge is 0.364 e. The summed E-state index contributed by atoms with van der Waals surface area (Å²) in [4.78, 5) is 18.6. The van der Waals surface area contributed by atoms with Gasteiger partial charge in [0.2, 0.25) is 5.91 Å². The van der Waals surface area contributed by atoms with E-state index >= 15 is 0 Å². The topological polar surface area (TPSA) is 45.2 Å². The summed E-state index contributed by atoms with van der Waals surface area (Å²) in [5, 5.41) is 4.06. The molecule has 1 aliphatic heterocycles. The quantitative estimate of drug-likeness (QED) is 0.799. The summed E-state index contributed by atoms with van der Waals surface area (Å²) < 4.78 is 0. The summed E-state index contributed by atoms with van der Waals surface area (Å²) in [5.41, 5.74) is 2.79. The van der Waals surface area contributed by atoms with E-state index in [1.165, 1.54) is 0 Å². The molecule has 3 rings (SSSR count). The number of nitrogens with zero attached hydrogens (tertiary/aromatic N) is 2. The number of aromatic nitrogens is 1. The first kappa shape index (κ1) is 12.9. The minimum absolute atomic E-state index is 0.0504. The van der Waals surface area contributed by atoms with Crippen LogP contribution in [0.1, 0.15) is 27.2 Å². The maximum atomic E-state index is 11.9. The van der Waals surface area contributed by atoms with Crippen molar-refractivity contribution in [3.8, 4) is 0 Å². The Hall–Kier alpha value is -2.10. The molecule has 1 N–H and O–H groups in total. The van der Waals surface area contributed by atoms with Gasteiger partial charge in [-0.15, -0.1) is 0 Å². The van der Waals surface area contributed by atoms with Gasteiger partial charge in [0.15, 0.2) is 0 Å². The number of amides is 1. The first-order chi connectivity index (χ1) is 9.47. The lowest BCUT2D eigenvalue weighted by molar-refractivity contribution is -0.116. The summed E-state index contributed by atoms with van der Waals surface area (Å²) in [7, 11) is 0. The molecule has 4 heteroatoms. The van der Waals surface area contributed by atoms with E-state index in [1.807, 2.05) is 18.2 Å². The highest BCUT2D eigenvalue weighted by Gasteiger charge is 2.29. The molecule has 0 fully saturated rings. The van der Waals surface area contributed by atoms with Crippen LogP contribution in [0, 0.1) is 0 Å². The van der Waals surface area contributed by atoms with E-state index in [2.05, 4.69) is 42.0 Å². The summed E-state index contributed by atoms with van der Waals surface area (Å²) in [6.45, 7) is 7.22. The summed E-state index contributed by atoms with van der Waals surface area (Å²) in [6.07, 6.45) is 2.26. The maximum absolute atomic E-state index is 11.9. The number of hydrogen-bond acceptors (Lipinski definition) is 3. The molecule has 1 aromatic carbocycles. The van der Waals surface area contributed by atoms with Gasteiger partial charge in [0, 0.05) is 23.9 Å². The van der Waals surface area contributed by atoms with Gasteiger partial charge in [-0.05, 0) is 26.8 Å². The Morgan fingerprint density at radius 3 is 2.75 bits per heavy atom. The normalized spacial score (nSPS) is 15.8. The van der Waals surface area contributed by atoms with Gasteiger partial charge in [-0.3, -0.25) is 9.78 Å². The summed E-state index contributed by atoms with van der Waals surface area (Å²) in [5.74, 6) is 0.0510. The van der Waals surface area contributed by atoms with Gasteiger partial charge in [-0.1, -0.05) is 18.2 Å². The minimum Gasteiger partial charge on any atom is -0.364 e. The van der Waals surface area contributed by atoms with E-state index in [0.29, 0.717) is 6.42 Å². The monoisotopic (exact) mass is 269 g/mol. The zero-order valence-electron chi connectivity index (χ0n) is 12.1. The first-order valence-electron chi connectivity index (χ1n) is 6.92. The van der Waals surface area contributed by atoms with Crippen molar-refractivity contribution in [2.75, 3.05) is 16.8 Å². The Kier molecular flexibility index (Phi) is 2.89. The third-order valence-corrected chi connectivity index (χ3v) is 3.66. The van der Waals surface area contributed by atoms with Crippen molar-refractivity contribution in [3.05, 3.63) is 30.5 Å². The van der Waals surface area contributed by atoms with Crippen molar-refractivity contribution in [2.45, 2.75) is 32.7 Å². The predicted octanol–water partition coefficient (Wildman–Crippen LogP) is 3.18. The molecule has 1 amide bonds. The fraction of sp³-hybridized carbons (Fsp3) is 0.375. The van der Waals surface area contributed by atoms with E-state index in [1.54, 1.807) is 6.20 Å². The maximum Gasteiger partial charge on any atom is 0.226 e. The second-order valence-corrected chi connectivity index (χ2v) is 6.16. The number of anilines is 2. The van der Waals surface area contributed by atoms with Gasteiger partial charge in [0.25, 0.3) is 0 Å². The van der Waals surface area contributed by atoms with Gasteiger partial charge in [-0.2, -0.15) is 0 Å². The Morgan fingerprint density at radius 2 is 2.00 bits per heavy atom. The van der Waals surface area contributed by atoms with E-state index < -0.39 is 0 Å². The van der Waals surface area contributed by atoms with E-state index in [-0.39, 0.29) is 11.4 Å². The number of fused-ring (bicyclic) bond motifs is 3. The average molecular weight is 269 g/mol. The third-order valence-electron chi connectivity index (χ3n) is 3.66. The van der Waals surface area contributed by atoms with Crippen molar-refractivity contribution in [1.29, 1.82) is 0 Å². The van der Waals surface area contributed by atoms with Crippen LogP contribution in [-0.4, -0.2) is 23.0 Å². The van der Waals surface area contributed by atoms with Gasteiger partial charge in [0.05, 0.1) is 23.1 Å². The lowest BCUT2D eigenvalue weighted by Crippen LogP contribution is -2.42. The van der Waals surface area contributed by atoms with Crippen LogP contribution in [0.3, 0.4) is 0 Å². The minimum atomic E-state index is -0.0504. The van der Waals surface area contributed by atoms with Crippen LogP contribution in [0.15, 0.2) is 30.5 Å². The molecule has 1 aromatic heterocycles. The molecule has 0 aliphatic carbocycles. The molecule has 0 bridgehead atoms. The first-order valence-corrected chi connectivity index (χ1v) is 6.92. The second-order valence-electron chi connectivity index (χ2n) is 6.16. The number of para-hydroxylation sites is 1. The highest BCUT2D eigenvalue weighted by Crippen LogP contribution is 2.38. The molecule has 2 heterocycles. The van der Waals surface area contributed by atoms with Gasteiger partial charge in [0.1, 0.15) is 0 Å². The molecule has 0 radical (unpaired) electrons. The average Bonchev–Trinajstić information content (AvgIpc) is 2.56. The molecule has 4 nitrogen and oxygen atoms in total. The highest BCUT2D eigenvalue weighted by molar-refractivity contribution is 6.05. The molecular weight excluding hydrogens is 250 g/mol. The lowest BCUT2D eigenvalue weighted by atomic mass is 10.0. The van der Waals surface area contributed by atoms with Crippen LogP contribution >= 0.6 is 0 Å². The number of benzene rings is 1. The number of rotatable bonds is 0. The molecule has 1 aliphatic rings. The molecule has 2 aromatic rings. The fourth-order valence-electron chi connectivity index (χ4n) is 2.72. The molecule has 0 spiro atoms. The van der Waals surface area contributed by atoms with Crippen LogP contribution < -0.4 is 10.2 Å². The Balaban J connectivity index is 2.30. The third kappa shape index (κ3) is 2.11. The number of carbonyl (C=O) groups is 1. The van der Waals surface area contributed by atoms with Crippen molar-refractivity contribution in [1.82, 2.24) is 4.98 Å². The molecule has 20 heavy (non-hydrogen) atoms. The smallest absolute Gasteiger partial charge is 0.226 e. The fourth-order valence-corrected chi connectivity index (χ4v) is 2.72. The number of hydrogen-bond donors (Lipinski definition) is 1. The highest BCUT2D eigenvalue weighted by atomic mass is 16.1. The summed E-state index contributed by atoms with van der Waals surface area (Å²) >= 11 is 0. The van der Waals surface area contributed by atoms with Gasteiger partial charge >= 0.3 is 0 Å². The zero-order chi connectivity index (χ0) is 14.3. The Morgan fingerprint density at radius 1 is 1.25 bits per heavy atom. The van der Waals surface area contributed by atoms with Crippen LogP contribution in [0.2, 0.25) is 0 Å². The Bertz CT molecular complexity index is 673. The van der Waals surface area contributed by atoms with E-state index in [0.717, 1.165) is 28.8 Å². The Labute approximate surface area is 118 Å². The zero-order valence-corrected chi connectivity index (χ0v) is 12.1. The number of carbonyl (C=O) groups excluding carboxylic acids is 1. The van der Waals surface area contributed by atoms with E-state index in [4.69, 9.17) is 0 Å². The SMILES string of the molecule is CC(C)(C)N1CCC(=O)Nc2cnc3ccccc3c21. The molecule has 104 valence electrons.